The van der Waals surface area contributed by atoms with Crippen molar-refractivity contribution in [2.75, 3.05) is 13.2 Å². The number of aliphatic hydroxyl groups excluding tert-OH is 9. The first-order valence-corrected chi connectivity index (χ1v) is 11.4. The third-order valence-electron chi connectivity index (χ3n) is 6.46. The largest absolute Gasteiger partial charge is 0.394 e. The van der Waals surface area contributed by atoms with Gasteiger partial charge < -0.3 is 75.0 Å². The van der Waals surface area contributed by atoms with Crippen molar-refractivity contribution in [1.82, 2.24) is 5.32 Å². The first kappa shape index (κ1) is 29.5. The highest BCUT2D eigenvalue weighted by atomic mass is 16.7. The van der Waals surface area contributed by atoms with Gasteiger partial charge in [-0.15, -0.1) is 0 Å². The van der Waals surface area contributed by atoms with Gasteiger partial charge in [-0.2, -0.15) is 0 Å². The number of carbonyl (C=O) groups is 1. The zero-order valence-electron chi connectivity index (χ0n) is 19.5. The maximum atomic E-state index is 11.6. The Morgan fingerprint density at radius 1 is 0.722 bits per heavy atom. The van der Waals surface area contributed by atoms with Crippen molar-refractivity contribution in [3.8, 4) is 0 Å². The molecule has 3 fully saturated rings. The van der Waals surface area contributed by atoms with E-state index in [-0.39, 0.29) is 0 Å². The number of hydrogen-bond acceptors (Lipinski definition) is 15. The molecule has 3 aliphatic heterocycles. The molecule has 1 amide bonds. The molecular formula is C20H35NO15. The molecule has 0 bridgehead atoms. The maximum Gasteiger partial charge on any atom is 0.217 e. The molecule has 36 heavy (non-hydrogen) atoms. The van der Waals surface area contributed by atoms with Crippen LogP contribution in [-0.2, 0) is 28.5 Å². The molecule has 0 saturated carbocycles. The van der Waals surface area contributed by atoms with Gasteiger partial charge in [0.25, 0.3) is 0 Å². The highest BCUT2D eigenvalue weighted by Crippen LogP contribution is 2.32. The van der Waals surface area contributed by atoms with Gasteiger partial charge in [-0.05, 0) is 6.92 Å². The summed E-state index contributed by atoms with van der Waals surface area (Å²) in [6.45, 7) is 0.992. The molecule has 0 aromatic heterocycles. The minimum Gasteiger partial charge on any atom is -0.394 e. The minimum atomic E-state index is -1.88. The quantitative estimate of drug-likeness (QED) is 0.147. The van der Waals surface area contributed by atoms with Crippen molar-refractivity contribution in [3.63, 3.8) is 0 Å². The van der Waals surface area contributed by atoms with Crippen LogP contribution in [0.3, 0.4) is 0 Å². The van der Waals surface area contributed by atoms with Crippen LogP contribution < -0.4 is 5.32 Å². The van der Waals surface area contributed by atoms with Crippen LogP contribution in [0.15, 0.2) is 0 Å². The van der Waals surface area contributed by atoms with Crippen molar-refractivity contribution in [2.24, 2.45) is 0 Å². The van der Waals surface area contributed by atoms with E-state index in [0.717, 1.165) is 6.92 Å². The molecule has 0 radical (unpaired) electrons. The van der Waals surface area contributed by atoms with E-state index in [1.807, 2.05) is 0 Å². The van der Waals surface area contributed by atoms with Crippen LogP contribution in [0.1, 0.15) is 13.8 Å². The molecule has 3 aliphatic rings. The highest BCUT2D eigenvalue weighted by Gasteiger charge is 2.53. The number of amides is 1. The van der Waals surface area contributed by atoms with Gasteiger partial charge in [0.1, 0.15) is 67.1 Å². The zero-order valence-corrected chi connectivity index (χ0v) is 19.5. The Labute approximate surface area is 205 Å². The monoisotopic (exact) mass is 529 g/mol. The zero-order chi connectivity index (χ0) is 26.9. The molecular weight excluding hydrogens is 494 g/mol. The van der Waals surface area contributed by atoms with Gasteiger partial charge in [-0.25, -0.2) is 0 Å². The van der Waals surface area contributed by atoms with Crippen LogP contribution >= 0.6 is 0 Å². The Morgan fingerprint density at radius 2 is 1.28 bits per heavy atom. The van der Waals surface area contributed by atoms with Gasteiger partial charge in [-0.1, -0.05) is 0 Å². The van der Waals surface area contributed by atoms with Crippen LogP contribution in [0.4, 0.5) is 0 Å². The number of nitrogens with one attached hydrogen (secondary N) is 1. The second-order valence-corrected chi connectivity index (χ2v) is 9.05. The lowest BCUT2D eigenvalue weighted by molar-refractivity contribution is -0.376. The van der Waals surface area contributed by atoms with Gasteiger partial charge in [0.2, 0.25) is 5.91 Å². The molecule has 3 heterocycles. The van der Waals surface area contributed by atoms with Crippen molar-refractivity contribution >= 4 is 5.91 Å². The third-order valence-corrected chi connectivity index (χ3v) is 6.46. The molecule has 210 valence electrons. The normalized spacial score (nSPS) is 50.0. The Morgan fingerprint density at radius 3 is 1.86 bits per heavy atom. The van der Waals surface area contributed by atoms with Crippen LogP contribution in [0.25, 0.3) is 0 Å². The van der Waals surface area contributed by atoms with E-state index in [1.165, 1.54) is 6.92 Å². The fraction of sp³-hybridized carbons (Fsp3) is 0.950. The smallest absolute Gasteiger partial charge is 0.217 e. The van der Waals surface area contributed by atoms with E-state index >= 15 is 0 Å². The van der Waals surface area contributed by atoms with Gasteiger partial charge in [0.15, 0.2) is 18.9 Å². The van der Waals surface area contributed by atoms with Crippen LogP contribution in [0.5, 0.6) is 0 Å². The summed E-state index contributed by atoms with van der Waals surface area (Å²) in [5.41, 5.74) is 0. The maximum absolute atomic E-state index is 11.6. The molecule has 10 N–H and O–H groups in total. The van der Waals surface area contributed by atoms with Crippen molar-refractivity contribution < 1.29 is 74.4 Å². The summed E-state index contributed by atoms with van der Waals surface area (Å²) >= 11 is 0. The van der Waals surface area contributed by atoms with Crippen molar-refractivity contribution in [3.05, 3.63) is 0 Å². The summed E-state index contributed by atoms with van der Waals surface area (Å²) in [5.74, 6) is -0.638. The summed E-state index contributed by atoms with van der Waals surface area (Å²) in [6, 6.07) is -1.40. The fourth-order valence-electron chi connectivity index (χ4n) is 4.39. The lowest BCUT2D eigenvalue weighted by Gasteiger charge is -2.48. The summed E-state index contributed by atoms with van der Waals surface area (Å²) in [4.78, 5) is 11.6. The van der Waals surface area contributed by atoms with E-state index in [9.17, 15) is 50.8 Å². The predicted molar refractivity (Wildman–Crippen MR) is 111 cm³/mol. The van der Waals surface area contributed by atoms with Gasteiger partial charge in [0.05, 0.1) is 19.3 Å². The average molecular weight is 529 g/mol. The molecule has 1 unspecified atom stereocenters. The Bertz CT molecular complexity index is 731. The summed E-state index contributed by atoms with van der Waals surface area (Å²) in [5, 5.41) is 94.1. The number of ether oxygens (including phenoxy) is 5. The lowest BCUT2D eigenvalue weighted by atomic mass is 9.95. The molecule has 3 rings (SSSR count). The second kappa shape index (κ2) is 12.2. The number of carbonyl (C=O) groups excluding carboxylic acids is 1. The van der Waals surface area contributed by atoms with E-state index in [2.05, 4.69) is 5.32 Å². The highest BCUT2D eigenvalue weighted by molar-refractivity contribution is 5.73. The van der Waals surface area contributed by atoms with E-state index in [1.54, 1.807) is 0 Å². The Balaban J connectivity index is 1.82. The molecule has 0 spiro atoms. The Hall–Kier alpha value is -1.09. The summed E-state index contributed by atoms with van der Waals surface area (Å²) in [6.07, 6.45) is -22.1. The number of hydrogen-bond donors (Lipinski definition) is 10. The van der Waals surface area contributed by atoms with E-state index in [4.69, 9.17) is 23.7 Å². The molecule has 16 heteroatoms. The van der Waals surface area contributed by atoms with E-state index < -0.39 is 111 Å². The van der Waals surface area contributed by atoms with Crippen LogP contribution in [-0.4, -0.2) is 157 Å². The van der Waals surface area contributed by atoms with Crippen LogP contribution in [0, 0.1) is 0 Å². The summed E-state index contributed by atoms with van der Waals surface area (Å²) in [7, 11) is 0. The lowest BCUT2D eigenvalue weighted by Crippen LogP contribution is -2.68. The molecule has 15 atom stereocenters. The molecule has 0 aliphatic carbocycles. The number of aliphatic hydroxyl groups is 9. The second-order valence-electron chi connectivity index (χ2n) is 9.05. The van der Waals surface area contributed by atoms with Gasteiger partial charge in [-0.3, -0.25) is 4.79 Å². The van der Waals surface area contributed by atoms with Crippen LogP contribution in [0.2, 0.25) is 0 Å². The number of rotatable bonds is 7. The Kier molecular flexibility index (Phi) is 9.97. The minimum absolute atomic E-state index is 0.638. The fourth-order valence-corrected chi connectivity index (χ4v) is 4.39. The molecule has 0 aromatic rings. The first-order chi connectivity index (χ1) is 16.9. The van der Waals surface area contributed by atoms with Crippen molar-refractivity contribution in [1.29, 1.82) is 0 Å². The standard InChI is InChI=1S/C20H35NO15/c1-5-10(25)14(29)17(18(31)32-5)36-20-15(30)16(12(27)8(4-23)34-20)35-19-9(21-6(2)24)13(28)11(26)7(3-22)33-19/h5,7-20,22-23,25-31H,3-4H2,1-2H3,(H,21,24)/t5-,7+,8+,9+,10+,11-,12-,13+,14+,15+,16-,17-,18?,19+,20+/m0/s1. The topological polar surface area (TPSA) is 257 Å². The molecule has 16 nitrogen and oxygen atoms in total. The van der Waals surface area contributed by atoms with E-state index in [0.29, 0.717) is 0 Å². The van der Waals surface area contributed by atoms with Crippen molar-refractivity contribution in [2.45, 2.75) is 106 Å². The molecule has 0 aromatic carbocycles. The predicted octanol–water partition coefficient (Wildman–Crippen LogP) is -6.40. The van der Waals surface area contributed by atoms with Gasteiger partial charge >= 0.3 is 0 Å². The average Bonchev–Trinajstić information content (AvgIpc) is 2.83. The van der Waals surface area contributed by atoms with Gasteiger partial charge in [0, 0.05) is 6.92 Å². The first-order valence-electron chi connectivity index (χ1n) is 11.4. The molecule has 3 saturated heterocycles. The SMILES string of the molecule is CC(=O)N[C@H]1[C@@H](O[C@H]2[C@@H](O)[C@@H](CO)O[C@H](O[C@@H]3C(O)O[C@@H](C)[C@@H](O)[C@H]3O)[C@@H]2O)O[C@H](CO)[C@H](O)[C@@H]1O. The summed E-state index contributed by atoms with van der Waals surface area (Å²) < 4.78 is 27.0. The third kappa shape index (κ3) is 5.97.